The molecule has 0 saturated carbocycles. The molecule has 0 bridgehead atoms. The first-order valence-corrected chi connectivity index (χ1v) is 5.87. The number of nitrogens with two attached hydrogens (primary N) is 2. The summed E-state index contributed by atoms with van der Waals surface area (Å²) in [5.74, 6) is 0.371. The van der Waals surface area contributed by atoms with Gasteiger partial charge in [-0.3, -0.25) is 0 Å². The lowest BCUT2D eigenvalue weighted by atomic mass is 10.2. The molecule has 1 aromatic heterocycles. The van der Waals surface area contributed by atoms with Crippen LogP contribution in [-0.4, -0.2) is 9.97 Å². The first kappa shape index (κ1) is 12.6. The highest BCUT2D eigenvalue weighted by Crippen LogP contribution is 2.26. The predicted molar refractivity (Wildman–Crippen MR) is 73.0 cm³/mol. The number of anilines is 4. The van der Waals surface area contributed by atoms with Crippen molar-refractivity contribution in [2.45, 2.75) is 6.92 Å². The summed E-state index contributed by atoms with van der Waals surface area (Å²) in [7, 11) is 0. The smallest absolute Gasteiger partial charge is 0.223 e. The normalized spacial score (nSPS) is 10.4. The molecule has 18 heavy (non-hydrogen) atoms. The molecule has 5 nitrogen and oxygen atoms in total. The van der Waals surface area contributed by atoms with E-state index in [0.29, 0.717) is 16.0 Å². The number of nitrogen functional groups attached to an aromatic ring is 2. The maximum Gasteiger partial charge on any atom is 0.223 e. The van der Waals surface area contributed by atoms with Crippen molar-refractivity contribution in [1.29, 1.82) is 0 Å². The van der Waals surface area contributed by atoms with Crippen molar-refractivity contribution in [3.8, 4) is 0 Å². The maximum atomic E-state index is 13.5. The summed E-state index contributed by atoms with van der Waals surface area (Å²) < 4.78 is 13.9. The van der Waals surface area contributed by atoms with Gasteiger partial charge in [-0.1, -0.05) is 0 Å². The van der Waals surface area contributed by atoms with Crippen molar-refractivity contribution >= 4 is 39.2 Å². The first-order valence-electron chi connectivity index (χ1n) is 5.08. The number of benzene rings is 1. The van der Waals surface area contributed by atoms with Crippen LogP contribution < -0.4 is 16.8 Å². The van der Waals surface area contributed by atoms with Crippen LogP contribution in [0, 0.1) is 12.7 Å². The predicted octanol–water partition coefficient (Wildman–Crippen LogP) is 2.59. The van der Waals surface area contributed by atoms with E-state index in [1.54, 1.807) is 6.07 Å². The minimum absolute atomic E-state index is 0.0627. The number of rotatable bonds is 2. The van der Waals surface area contributed by atoms with Crippen LogP contribution in [0.25, 0.3) is 0 Å². The Balaban J connectivity index is 2.36. The SMILES string of the molecule is Cc1cc(Br)c(F)cc1Nc1cc(N)nc(N)n1. The highest BCUT2D eigenvalue weighted by molar-refractivity contribution is 9.10. The van der Waals surface area contributed by atoms with Gasteiger partial charge in [0.2, 0.25) is 5.95 Å². The number of hydrogen-bond donors (Lipinski definition) is 3. The van der Waals surface area contributed by atoms with Crippen LogP contribution in [0.1, 0.15) is 5.56 Å². The van der Waals surface area contributed by atoms with E-state index in [-0.39, 0.29) is 17.6 Å². The van der Waals surface area contributed by atoms with E-state index in [1.165, 1.54) is 12.1 Å². The Morgan fingerprint density at radius 3 is 2.61 bits per heavy atom. The van der Waals surface area contributed by atoms with Crippen LogP contribution in [0.3, 0.4) is 0 Å². The van der Waals surface area contributed by atoms with Gasteiger partial charge in [0.05, 0.1) is 4.47 Å². The third-order valence-electron chi connectivity index (χ3n) is 2.29. The largest absolute Gasteiger partial charge is 0.383 e. The molecule has 5 N–H and O–H groups in total. The summed E-state index contributed by atoms with van der Waals surface area (Å²) >= 11 is 3.12. The van der Waals surface area contributed by atoms with Crippen molar-refractivity contribution in [2.75, 3.05) is 16.8 Å². The maximum absolute atomic E-state index is 13.5. The first-order chi connectivity index (χ1) is 8.45. The number of aryl methyl sites for hydroxylation is 1. The molecule has 0 amide bonds. The third kappa shape index (κ3) is 2.67. The molecular weight excluding hydrogens is 301 g/mol. The minimum Gasteiger partial charge on any atom is -0.383 e. The summed E-state index contributed by atoms with van der Waals surface area (Å²) in [5.41, 5.74) is 12.5. The second kappa shape index (κ2) is 4.77. The Morgan fingerprint density at radius 1 is 1.22 bits per heavy atom. The molecule has 1 aromatic carbocycles. The van der Waals surface area contributed by atoms with Gasteiger partial charge in [-0.15, -0.1) is 0 Å². The molecule has 0 aliphatic carbocycles. The van der Waals surface area contributed by atoms with Crippen LogP contribution in [0.15, 0.2) is 22.7 Å². The average Bonchev–Trinajstić information content (AvgIpc) is 2.24. The van der Waals surface area contributed by atoms with E-state index in [2.05, 4.69) is 31.2 Å². The van der Waals surface area contributed by atoms with Gasteiger partial charge in [-0.25, -0.2) is 4.39 Å². The summed E-state index contributed by atoms with van der Waals surface area (Å²) in [6.07, 6.45) is 0. The summed E-state index contributed by atoms with van der Waals surface area (Å²) in [6.45, 7) is 1.85. The fourth-order valence-electron chi connectivity index (χ4n) is 1.47. The van der Waals surface area contributed by atoms with E-state index < -0.39 is 0 Å². The molecule has 1 heterocycles. The molecule has 2 aromatic rings. The topological polar surface area (TPSA) is 89.8 Å². The molecule has 0 radical (unpaired) electrons. The lowest BCUT2D eigenvalue weighted by molar-refractivity contribution is 0.621. The van der Waals surface area contributed by atoms with E-state index in [9.17, 15) is 4.39 Å². The van der Waals surface area contributed by atoms with Gasteiger partial charge in [0.1, 0.15) is 17.5 Å². The molecule has 0 aliphatic heterocycles. The van der Waals surface area contributed by atoms with E-state index >= 15 is 0 Å². The number of halogens is 2. The fraction of sp³-hybridized carbons (Fsp3) is 0.0909. The number of hydrogen-bond acceptors (Lipinski definition) is 5. The Kier molecular flexibility index (Phi) is 3.33. The summed E-state index contributed by atoms with van der Waals surface area (Å²) in [4.78, 5) is 7.72. The molecule has 0 unspecified atom stereocenters. The van der Waals surface area contributed by atoms with Gasteiger partial charge in [-0.2, -0.15) is 9.97 Å². The lowest BCUT2D eigenvalue weighted by Crippen LogP contribution is -2.03. The second-order valence-corrected chi connectivity index (χ2v) is 4.60. The van der Waals surface area contributed by atoms with Crippen LogP contribution in [0.4, 0.5) is 27.7 Å². The minimum atomic E-state index is -0.363. The molecule has 0 fully saturated rings. The molecule has 0 aliphatic rings. The Hall–Kier alpha value is -1.89. The Bertz CT molecular complexity index is 582. The molecule has 94 valence electrons. The highest BCUT2D eigenvalue weighted by Gasteiger charge is 2.07. The number of nitrogens with one attached hydrogen (secondary N) is 1. The Labute approximate surface area is 112 Å². The zero-order chi connectivity index (χ0) is 13.3. The zero-order valence-corrected chi connectivity index (χ0v) is 11.1. The standard InChI is InChI=1S/C11H11BrFN5/c1-5-2-6(12)7(13)3-8(5)16-10-4-9(14)17-11(15)18-10/h2-4H,1H3,(H5,14,15,16,17,18). The molecule has 7 heteroatoms. The Morgan fingerprint density at radius 2 is 1.94 bits per heavy atom. The van der Waals surface area contributed by atoms with Crippen LogP contribution in [0.2, 0.25) is 0 Å². The molecule has 2 rings (SSSR count). The van der Waals surface area contributed by atoms with E-state index in [4.69, 9.17) is 11.5 Å². The van der Waals surface area contributed by atoms with Gasteiger partial charge in [0.25, 0.3) is 0 Å². The van der Waals surface area contributed by atoms with Crippen molar-refractivity contribution in [2.24, 2.45) is 0 Å². The quantitative estimate of drug-likeness (QED) is 0.793. The fourth-order valence-corrected chi connectivity index (χ4v) is 1.93. The van der Waals surface area contributed by atoms with Crippen LogP contribution in [-0.2, 0) is 0 Å². The second-order valence-electron chi connectivity index (χ2n) is 3.74. The third-order valence-corrected chi connectivity index (χ3v) is 2.90. The van der Waals surface area contributed by atoms with E-state index in [1.807, 2.05) is 6.92 Å². The molecule has 0 atom stereocenters. The number of nitrogens with zero attached hydrogens (tertiary/aromatic N) is 2. The monoisotopic (exact) mass is 311 g/mol. The van der Waals surface area contributed by atoms with Crippen molar-refractivity contribution < 1.29 is 4.39 Å². The van der Waals surface area contributed by atoms with Gasteiger partial charge >= 0.3 is 0 Å². The average molecular weight is 312 g/mol. The number of aromatic nitrogens is 2. The lowest BCUT2D eigenvalue weighted by Gasteiger charge is -2.10. The highest BCUT2D eigenvalue weighted by atomic mass is 79.9. The molecular formula is C11H11BrFN5. The van der Waals surface area contributed by atoms with Crippen molar-refractivity contribution in [3.63, 3.8) is 0 Å². The zero-order valence-electron chi connectivity index (χ0n) is 9.54. The van der Waals surface area contributed by atoms with Gasteiger partial charge in [-0.05, 0) is 40.5 Å². The van der Waals surface area contributed by atoms with E-state index in [0.717, 1.165) is 5.56 Å². The van der Waals surface area contributed by atoms with Crippen molar-refractivity contribution in [1.82, 2.24) is 9.97 Å². The van der Waals surface area contributed by atoms with Gasteiger partial charge in [0, 0.05) is 11.8 Å². The summed E-state index contributed by atoms with van der Waals surface area (Å²) in [5, 5.41) is 2.95. The van der Waals surface area contributed by atoms with Gasteiger partial charge in [0.15, 0.2) is 0 Å². The van der Waals surface area contributed by atoms with Crippen LogP contribution in [0.5, 0.6) is 0 Å². The van der Waals surface area contributed by atoms with Gasteiger partial charge < -0.3 is 16.8 Å². The molecule has 0 spiro atoms. The van der Waals surface area contributed by atoms with Crippen LogP contribution >= 0.6 is 15.9 Å². The summed E-state index contributed by atoms with van der Waals surface area (Å²) in [6, 6.07) is 4.56. The van der Waals surface area contributed by atoms with Crippen molar-refractivity contribution in [3.05, 3.63) is 34.1 Å². The molecule has 0 saturated heterocycles.